The highest BCUT2D eigenvalue weighted by atomic mass is 16.2. The van der Waals surface area contributed by atoms with E-state index in [1.165, 1.54) is 24.9 Å². The predicted molar refractivity (Wildman–Crippen MR) is 103 cm³/mol. The lowest BCUT2D eigenvalue weighted by molar-refractivity contribution is 0.0954. The van der Waals surface area contributed by atoms with Crippen molar-refractivity contribution in [2.75, 3.05) is 18.0 Å². The summed E-state index contributed by atoms with van der Waals surface area (Å²) in [4.78, 5) is 14.6. The molecule has 130 valence electrons. The second kappa shape index (κ2) is 7.97. The van der Waals surface area contributed by atoms with Gasteiger partial charge in [0.2, 0.25) is 0 Å². The normalized spacial score (nSPS) is 15.1. The van der Waals surface area contributed by atoms with Crippen LogP contribution in [0.1, 0.15) is 47.7 Å². The molecule has 1 amide bonds. The third-order valence-corrected chi connectivity index (χ3v) is 4.61. The lowest BCUT2D eigenvalue weighted by Crippen LogP contribution is -2.29. The van der Waals surface area contributed by atoms with E-state index in [1.54, 1.807) is 6.07 Å². The predicted octanol–water partition coefficient (Wildman–Crippen LogP) is 4.14. The van der Waals surface area contributed by atoms with Crippen molar-refractivity contribution in [1.82, 2.24) is 5.43 Å². The zero-order valence-corrected chi connectivity index (χ0v) is 15.0. The van der Waals surface area contributed by atoms with E-state index in [2.05, 4.69) is 39.7 Å². The molecule has 25 heavy (non-hydrogen) atoms. The van der Waals surface area contributed by atoms with Gasteiger partial charge in [0, 0.05) is 24.3 Å². The molecule has 0 bridgehead atoms. The number of hydrazone groups is 1. The van der Waals surface area contributed by atoms with E-state index >= 15 is 0 Å². The third-order valence-electron chi connectivity index (χ3n) is 4.61. The molecule has 0 aliphatic carbocycles. The van der Waals surface area contributed by atoms with Crippen molar-refractivity contribution in [3.8, 4) is 0 Å². The molecule has 0 unspecified atom stereocenters. The highest BCUT2D eigenvalue weighted by Crippen LogP contribution is 2.20. The van der Waals surface area contributed by atoms with Crippen LogP contribution in [-0.2, 0) is 0 Å². The van der Waals surface area contributed by atoms with Crippen molar-refractivity contribution < 1.29 is 4.79 Å². The zero-order valence-electron chi connectivity index (χ0n) is 15.0. The average molecular weight is 335 g/mol. The Morgan fingerprint density at radius 2 is 1.72 bits per heavy atom. The van der Waals surface area contributed by atoms with Crippen molar-refractivity contribution in [3.63, 3.8) is 0 Å². The van der Waals surface area contributed by atoms with E-state index in [0.29, 0.717) is 5.56 Å². The summed E-state index contributed by atoms with van der Waals surface area (Å²) in [6.07, 6.45) is 3.88. The van der Waals surface area contributed by atoms with Gasteiger partial charge in [-0.2, -0.15) is 5.10 Å². The molecule has 0 aromatic heterocycles. The molecule has 1 saturated heterocycles. The van der Waals surface area contributed by atoms with Gasteiger partial charge in [-0.05, 0) is 62.9 Å². The number of benzene rings is 2. The van der Waals surface area contributed by atoms with Gasteiger partial charge in [0.1, 0.15) is 0 Å². The maximum atomic E-state index is 12.2. The number of nitrogens with one attached hydrogen (secondary N) is 1. The Bertz CT molecular complexity index is 759. The standard InChI is InChI=1S/C21H25N3O/c1-16-7-6-8-19(15-16)21(25)23-22-17(2)18-9-11-20(12-10-18)24-13-4-3-5-14-24/h6-12,15H,3-5,13-14H2,1-2H3,(H,23,25). The monoisotopic (exact) mass is 335 g/mol. The van der Waals surface area contributed by atoms with E-state index in [1.807, 2.05) is 32.0 Å². The SMILES string of the molecule is CC(=NNC(=O)c1cccc(C)c1)c1ccc(N2CCCCC2)cc1. The fraction of sp³-hybridized carbons (Fsp3) is 0.333. The largest absolute Gasteiger partial charge is 0.372 e. The van der Waals surface area contributed by atoms with Gasteiger partial charge in [0.05, 0.1) is 5.71 Å². The molecule has 4 heteroatoms. The molecule has 1 heterocycles. The summed E-state index contributed by atoms with van der Waals surface area (Å²) < 4.78 is 0. The van der Waals surface area contributed by atoms with Gasteiger partial charge in [-0.25, -0.2) is 5.43 Å². The Labute approximate surface area is 149 Å². The summed E-state index contributed by atoms with van der Waals surface area (Å²) in [6.45, 7) is 6.15. The summed E-state index contributed by atoms with van der Waals surface area (Å²) in [6, 6.07) is 15.9. The zero-order chi connectivity index (χ0) is 17.6. The average Bonchev–Trinajstić information content (AvgIpc) is 2.66. The first-order chi connectivity index (χ1) is 12.1. The Hall–Kier alpha value is -2.62. The minimum absolute atomic E-state index is 0.187. The summed E-state index contributed by atoms with van der Waals surface area (Å²) in [5.74, 6) is -0.187. The molecule has 3 rings (SSSR count). The van der Waals surface area contributed by atoms with Crippen LogP contribution in [-0.4, -0.2) is 24.7 Å². The number of nitrogens with zero attached hydrogens (tertiary/aromatic N) is 2. The number of amides is 1. The number of hydrogen-bond donors (Lipinski definition) is 1. The number of carbonyl (C=O) groups is 1. The van der Waals surface area contributed by atoms with Crippen LogP contribution in [0.3, 0.4) is 0 Å². The van der Waals surface area contributed by atoms with Crippen LogP contribution < -0.4 is 10.3 Å². The quantitative estimate of drug-likeness (QED) is 0.674. The number of anilines is 1. The van der Waals surface area contributed by atoms with Crippen molar-refractivity contribution in [1.29, 1.82) is 0 Å². The molecule has 0 atom stereocenters. The van der Waals surface area contributed by atoms with Crippen LogP contribution >= 0.6 is 0 Å². The van der Waals surface area contributed by atoms with Gasteiger partial charge in [0.25, 0.3) is 5.91 Å². The first-order valence-corrected chi connectivity index (χ1v) is 8.90. The Balaban J connectivity index is 1.64. The number of piperidine rings is 1. The minimum Gasteiger partial charge on any atom is -0.372 e. The molecule has 0 spiro atoms. The Morgan fingerprint density at radius 1 is 1.00 bits per heavy atom. The first kappa shape index (κ1) is 17.2. The van der Waals surface area contributed by atoms with Crippen LogP contribution in [0.15, 0.2) is 53.6 Å². The van der Waals surface area contributed by atoms with Gasteiger partial charge >= 0.3 is 0 Å². The van der Waals surface area contributed by atoms with Gasteiger partial charge in [-0.3, -0.25) is 4.79 Å². The Morgan fingerprint density at radius 3 is 2.40 bits per heavy atom. The number of aryl methyl sites for hydroxylation is 1. The van der Waals surface area contributed by atoms with Crippen LogP contribution in [0.2, 0.25) is 0 Å². The summed E-state index contributed by atoms with van der Waals surface area (Å²) in [5.41, 5.74) is 7.40. The second-order valence-corrected chi connectivity index (χ2v) is 6.60. The fourth-order valence-corrected chi connectivity index (χ4v) is 3.12. The highest BCUT2D eigenvalue weighted by Gasteiger charge is 2.11. The van der Waals surface area contributed by atoms with Crippen molar-refractivity contribution in [2.45, 2.75) is 33.1 Å². The summed E-state index contributed by atoms with van der Waals surface area (Å²) >= 11 is 0. The highest BCUT2D eigenvalue weighted by molar-refractivity contribution is 6.01. The molecule has 4 nitrogen and oxygen atoms in total. The molecule has 1 aliphatic rings. The topological polar surface area (TPSA) is 44.7 Å². The first-order valence-electron chi connectivity index (χ1n) is 8.90. The molecule has 2 aromatic rings. The minimum atomic E-state index is -0.187. The molecular weight excluding hydrogens is 310 g/mol. The Kier molecular flexibility index (Phi) is 5.49. The number of hydrogen-bond acceptors (Lipinski definition) is 3. The van der Waals surface area contributed by atoms with E-state index in [9.17, 15) is 4.79 Å². The van der Waals surface area contributed by atoms with Crippen LogP contribution in [0.5, 0.6) is 0 Å². The van der Waals surface area contributed by atoms with E-state index in [-0.39, 0.29) is 5.91 Å². The summed E-state index contributed by atoms with van der Waals surface area (Å²) in [7, 11) is 0. The second-order valence-electron chi connectivity index (χ2n) is 6.60. The van der Waals surface area contributed by atoms with E-state index < -0.39 is 0 Å². The van der Waals surface area contributed by atoms with Gasteiger partial charge in [-0.1, -0.05) is 29.8 Å². The lowest BCUT2D eigenvalue weighted by atomic mass is 10.1. The van der Waals surface area contributed by atoms with Crippen molar-refractivity contribution >= 4 is 17.3 Å². The molecule has 0 radical (unpaired) electrons. The van der Waals surface area contributed by atoms with Crippen LogP contribution in [0.25, 0.3) is 0 Å². The number of carbonyl (C=O) groups excluding carboxylic acids is 1. The van der Waals surface area contributed by atoms with Crippen LogP contribution in [0, 0.1) is 6.92 Å². The van der Waals surface area contributed by atoms with Gasteiger partial charge in [-0.15, -0.1) is 0 Å². The van der Waals surface area contributed by atoms with Gasteiger partial charge in [0.15, 0.2) is 0 Å². The smallest absolute Gasteiger partial charge is 0.271 e. The summed E-state index contributed by atoms with van der Waals surface area (Å²) in [5, 5.41) is 4.25. The molecule has 1 fully saturated rings. The maximum Gasteiger partial charge on any atom is 0.271 e. The molecule has 1 aliphatic heterocycles. The van der Waals surface area contributed by atoms with Crippen LogP contribution in [0.4, 0.5) is 5.69 Å². The third kappa shape index (κ3) is 4.47. The van der Waals surface area contributed by atoms with Crippen molar-refractivity contribution in [2.24, 2.45) is 5.10 Å². The van der Waals surface area contributed by atoms with Gasteiger partial charge < -0.3 is 4.90 Å². The maximum absolute atomic E-state index is 12.2. The van der Waals surface area contributed by atoms with E-state index in [4.69, 9.17) is 0 Å². The van der Waals surface area contributed by atoms with E-state index in [0.717, 1.165) is 29.9 Å². The van der Waals surface area contributed by atoms with Crippen molar-refractivity contribution in [3.05, 3.63) is 65.2 Å². The molecule has 2 aromatic carbocycles. The molecular formula is C21H25N3O. The molecule has 1 N–H and O–H groups in total. The fourth-order valence-electron chi connectivity index (χ4n) is 3.12. The number of rotatable bonds is 4. The lowest BCUT2D eigenvalue weighted by Gasteiger charge is -2.28. The molecule has 0 saturated carbocycles.